The zero-order valence-corrected chi connectivity index (χ0v) is 12.2. The van der Waals surface area contributed by atoms with E-state index in [1.54, 1.807) is 0 Å². The molecule has 0 spiro atoms. The van der Waals surface area contributed by atoms with Crippen LogP contribution in [0.15, 0.2) is 36.4 Å². The number of nitrogens with zero attached hydrogens (tertiary/aromatic N) is 1. The Morgan fingerprint density at radius 2 is 1.70 bits per heavy atom. The smallest absolute Gasteiger partial charge is 0.104 e. The third-order valence-corrected chi connectivity index (χ3v) is 4.04. The highest BCUT2D eigenvalue weighted by molar-refractivity contribution is 7.80. The van der Waals surface area contributed by atoms with E-state index in [1.807, 2.05) is 18.2 Å². The molecule has 0 aromatic heterocycles. The Labute approximate surface area is 124 Å². The second-order valence-corrected chi connectivity index (χ2v) is 5.67. The number of hydrogen-bond acceptors (Lipinski definition) is 3. The van der Waals surface area contributed by atoms with Gasteiger partial charge in [0.1, 0.15) is 4.99 Å². The van der Waals surface area contributed by atoms with Crippen LogP contribution in [0, 0.1) is 0 Å². The summed E-state index contributed by atoms with van der Waals surface area (Å²) in [5.41, 5.74) is 11.4. The van der Waals surface area contributed by atoms with E-state index in [9.17, 15) is 0 Å². The predicted molar refractivity (Wildman–Crippen MR) is 88.9 cm³/mol. The Kier molecular flexibility index (Phi) is 3.85. The average Bonchev–Trinajstić information content (AvgIpc) is 2.48. The molecule has 0 bridgehead atoms. The lowest BCUT2D eigenvalue weighted by Crippen LogP contribution is -2.34. The van der Waals surface area contributed by atoms with Crippen LogP contribution in [0.1, 0.15) is 24.8 Å². The van der Waals surface area contributed by atoms with Gasteiger partial charge in [-0.05, 0) is 30.4 Å². The summed E-state index contributed by atoms with van der Waals surface area (Å²) in [6.07, 6.45) is 3.85. The van der Waals surface area contributed by atoms with Gasteiger partial charge in [-0.1, -0.05) is 42.9 Å². The maximum atomic E-state index is 5.81. The van der Waals surface area contributed by atoms with Crippen molar-refractivity contribution in [3.8, 4) is 0 Å². The van der Waals surface area contributed by atoms with Crippen molar-refractivity contribution in [2.45, 2.75) is 19.3 Å². The van der Waals surface area contributed by atoms with Crippen molar-refractivity contribution in [1.29, 1.82) is 0 Å². The van der Waals surface area contributed by atoms with E-state index in [0.717, 1.165) is 29.7 Å². The number of nitrogens with one attached hydrogen (secondary N) is 1. The average molecular weight is 285 g/mol. The van der Waals surface area contributed by atoms with E-state index < -0.39 is 0 Å². The number of rotatable bonds is 3. The predicted octanol–water partition coefficient (Wildman–Crippen LogP) is 3.29. The highest BCUT2D eigenvalue weighted by atomic mass is 32.1. The molecule has 2 aromatic rings. The molecule has 3 rings (SSSR count). The van der Waals surface area contributed by atoms with E-state index >= 15 is 0 Å². The molecule has 1 fully saturated rings. The molecule has 0 saturated carbocycles. The molecule has 104 valence electrons. The van der Waals surface area contributed by atoms with Crippen molar-refractivity contribution in [2.75, 3.05) is 18.5 Å². The lowest BCUT2D eigenvalue weighted by atomic mass is 10.0. The molecule has 1 aliphatic heterocycles. The molecule has 3 N–H and O–H groups in total. The van der Waals surface area contributed by atoms with Gasteiger partial charge in [0.15, 0.2) is 0 Å². The van der Waals surface area contributed by atoms with Crippen LogP contribution in [0.3, 0.4) is 0 Å². The zero-order chi connectivity index (χ0) is 13.9. The lowest BCUT2D eigenvalue weighted by Gasteiger charge is -2.28. The molecule has 0 aliphatic carbocycles. The fraction of sp³-hybridized carbons (Fsp3) is 0.312. The summed E-state index contributed by atoms with van der Waals surface area (Å²) >= 11 is 5.14. The summed E-state index contributed by atoms with van der Waals surface area (Å²) in [5.74, 6) is 0. The normalized spacial score (nSPS) is 16.2. The highest BCUT2D eigenvalue weighted by Gasteiger charge is 2.12. The van der Waals surface area contributed by atoms with Crippen molar-refractivity contribution in [2.24, 2.45) is 5.73 Å². The lowest BCUT2D eigenvalue weighted by molar-refractivity contribution is 0.273. The van der Waals surface area contributed by atoms with Crippen LogP contribution in [-0.2, 0) is 0 Å². The van der Waals surface area contributed by atoms with Crippen LogP contribution >= 0.6 is 12.2 Å². The Balaban J connectivity index is 1.99. The molecule has 1 heterocycles. The minimum atomic E-state index is 0.450. The molecular weight excluding hydrogens is 266 g/mol. The number of hydrazine groups is 1. The summed E-state index contributed by atoms with van der Waals surface area (Å²) in [7, 11) is 0. The van der Waals surface area contributed by atoms with Crippen LogP contribution < -0.4 is 11.2 Å². The van der Waals surface area contributed by atoms with Gasteiger partial charge in [-0.25, -0.2) is 5.01 Å². The molecule has 3 nitrogen and oxygen atoms in total. The van der Waals surface area contributed by atoms with Crippen LogP contribution in [0.5, 0.6) is 0 Å². The monoisotopic (exact) mass is 285 g/mol. The summed E-state index contributed by atoms with van der Waals surface area (Å²) in [6, 6.07) is 12.3. The maximum absolute atomic E-state index is 5.81. The van der Waals surface area contributed by atoms with E-state index in [0.29, 0.717) is 4.99 Å². The molecule has 0 unspecified atom stereocenters. The molecule has 0 radical (unpaired) electrons. The van der Waals surface area contributed by atoms with Crippen molar-refractivity contribution in [1.82, 2.24) is 5.01 Å². The van der Waals surface area contributed by atoms with Gasteiger partial charge in [0.25, 0.3) is 0 Å². The molecule has 4 heteroatoms. The zero-order valence-electron chi connectivity index (χ0n) is 11.4. The summed E-state index contributed by atoms with van der Waals surface area (Å²) in [4.78, 5) is 0.450. The van der Waals surface area contributed by atoms with Gasteiger partial charge < -0.3 is 11.2 Å². The van der Waals surface area contributed by atoms with Gasteiger partial charge in [0, 0.05) is 24.0 Å². The Morgan fingerprint density at radius 1 is 1.00 bits per heavy atom. The topological polar surface area (TPSA) is 41.3 Å². The number of piperidine rings is 1. The Morgan fingerprint density at radius 3 is 2.40 bits per heavy atom. The minimum absolute atomic E-state index is 0.450. The summed E-state index contributed by atoms with van der Waals surface area (Å²) in [6.45, 7) is 2.21. The van der Waals surface area contributed by atoms with Crippen LogP contribution in [0.2, 0.25) is 0 Å². The number of nitrogens with two attached hydrogens (primary N) is 1. The van der Waals surface area contributed by atoms with Gasteiger partial charge >= 0.3 is 0 Å². The maximum Gasteiger partial charge on any atom is 0.104 e. The third-order valence-electron chi connectivity index (χ3n) is 3.82. The van der Waals surface area contributed by atoms with Crippen molar-refractivity contribution >= 4 is 33.7 Å². The first-order valence-electron chi connectivity index (χ1n) is 7.09. The number of thiocarbonyl (C=S) groups is 1. The number of fused-ring (bicyclic) bond motifs is 1. The van der Waals surface area contributed by atoms with Gasteiger partial charge in [-0.2, -0.15) is 0 Å². The molecule has 1 aliphatic rings. The van der Waals surface area contributed by atoms with E-state index in [2.05, 4.69) is 28.6 Å². The van der Waals surface area contributed by atoms with Crippen molar-refractivity contribution in [3.05, 3.63) is 42.0 Å². The molecule has 2 aromatic carbocycles. The van der Waals surface area contributed by atoms with Gasteiger partial charge in [0.2, 0.25) is 0 Å². The number of anilines is 1. The molecule has 20 heavy (non-hydrogen) atoms. The number of benzene rings is 2. The highest BCUT2D eigenvalue weighted by Crippen LogP contribution is 2.27. The van der Waals surface area contributed by atoms with Gasteiger partial charge in [0.05, 0.1) is 5.69 Å². The van der Waals surface area contributed by atoms with E-state index in [-0.39, 0.29) is 0 Å². The van der Waals surface area contributed by atoms with Crippen LogP contribution in [-0.4, -0.2) is 23.1 Å². The van der Waals surface area contributed by atoms with Gasteiger partial charge in [-0.15, -0.1) is 0 Å². The Hall–Kier alpha value is -1.65. The molecule has 0 amide bonds. The molecule has 0 atom stereocenters. The Bertz CT molecular complexity index is 633. The van der Waals surface area contributed by atoms with Crippen LogP contribution in [0.25, 0.3) is 10.8 Å². The third kappa shape index (κ3) is 2.62. The first-order chi connectivity index (χ1) is 9.75. The minimum Gasteiger partial charge on any atom is -0.389 e. The standard InChI is InChI=1S/C16H19N3S/c17-16(20)14-8-9-15(13-7-3-2-6-12(13)14)18-19-10-4-1-5-11-19/h2-3,6-9,18H,1,4-5,10-11H2,(H2,17,20). The second kappa shape index (κ2) is 5.77. The van der Waals surface area contributed by atoms with E-state index in [1.165, 1.54) is 24.6 Å². The van der Waals surface area contributed by atoms with Crippen molar-refractivity contribution in [3.63, 3.8) is 0 Å². The second-order valence-electron chi connectivity index (χ2n) is 5.23. The largest absolute Gasteiger partial charge is 0.389 e. The fourth-order valence-electron chi connectivity index (χ4n) is 2.79. The van der Waals surface area contributed by atoms with Gasteiger partial charge in [-0.3, -0.25) is 0 Å². The summed E-state index contributed by atoms with van der Waals surface area (Å²) in [5, 5.41) is 4.58. The van der Waals surface area contributed by atoms with Crippen molar-refractivity contribution < 1.29 is 0 Å². The molecule has 1 saturated heterocycles. The number of hydrogen-bond donors (Lipinski definition) is 2. The fourth-order valence-corrected chi connectivity index (χ4v) is 2.97. The van der Waals surface area contributed by atoms with E-state index in [4.69, 9.17) is 18.0 Å². The first kappa shape index (κ1) is 13.3. The molecular formula is C16H19N3S. The summed E-state index contributed by atoms with van der Waals surface area (Å²) < 4.78 is 0. The van der Waals surface area contributed by atoms with Crippen LogP contribution in [0.4, 0.5) is 5.69 Å². The first-order valence-corrected chi connectivity index (χ1v) is 7.50. The quantitative estimate of drug-likeness (QED) is 0.849. The SMILES string of the molecule is NC(=S)c1ccc(NN2CCCCC2)c2ccccc12.